The Morgan fingerprint density at radius 2 is 2.33 bits per heavy atom. The molecule has 2 heteroatoms. The summed E-state index contributed by atoms with van der Waals surface area (Å²) in [7, 11) is 0. The molecule has 0 aromatic carbocycles. The van der Waals surface area contributed by atoms with Crippen LogP contribution >= 0.6 is 0 Å². The van der Waals surface area contributed by atoms with Crippen molar-refractivity contribution in [3.8, 4) is 0 Å². The monoisotopic (exact) mass is 164 g/mol. The molecule has 1 heterocycles. The van der Waals surface area contributed by atoms with E-state index in [-0.39, 0.29) is 11.7 Å². The smallest absolute Gasteiger partial charge is 0.133 e. The predicted octanol–water partition coefficient (Wildman–Crippen LogP) is 2.28. The molecule has 0 radical (unpaired) electrons. The summed E-state index contributed by atoms with van der Waals surface area (Å²) in [5.74, 6) is 2.80. The van der Waals surface area contributed by atoms with Crippen LogP contribution < -0.4 is 0 Å². The first-order valence-electron chi connectivity index (χ1n) is 4.25. The van der Waals surface area contributed by atoms with E-state index in [2.05, 4.69) is 0 Å². The van der Waals surface area contributed by atoms with Crippen LogP contribution in [0.15, 0.2) is 16.5 Å². The third-order valence-corrected chi connectivity index (χ3v) is 2.44. The molecule has 12 heavy (non-hydrogen) atoms. The van der Waals surface area contributed by atoms with E-state index in [9.17, 15) is 4.79 Å². The Hall–Kier alpha value is -1.05. The largest absolute Gasteiger partial charge is 0.466 e. The number of ketones is 1. The van der Waals surface area contributed by atoms with Crippen molar-refractivity contribution in [2.45, 2.75) is 26.2 Å². The SMILES string of the molecule is CC(=O)[C@@H]1C[C@H]1c1ccc(C)o1. The third-order valence-electron chi connectivity index (χ3n) is 2.44. The van der Waals surface area contributed by atoms with Gasteiger partial charge >= 0.3 is 0 Å². The molecule has 1 saturated carbocycles. The van der Waals surface area contributed by atoms with E-state index in [0.717, 1.165) is 17.9 Å². The fourth-order valence-electron chi connectivity index (χ4n) is 1.61. The van der Waals surface area contributed by atoms with Gasteiger partial charge in [0.25, 0.3) is 0 Å². The van der Waals surface area contributed by atoms with Gasteiger partial charge in [-0.25, -0.2) is 0 Å². The van der Waals surface area contributed by atoms with E-state index in [1.165, 1.54) is 0 Å². The van der Waals surface area contributed by atoms with E-state index >= 15 is 0 Å². The molecule has 0 amide bonds. The molecule has 0 N–H and O–H groups in total. The second kappa shape index (κ2) is 2.47. The van der Waals surface area contributed by atoms with E-state index in [1.54, 1.807) is 6.92 Å². The molecular formula is C10H12O2. The molecule has 0 aliphatic heterocycles. The summed E-state index contributed by atoms with van der Waals surface area (Å²) in [6.45, 7) is 3.58. The first-order valence-corrected chi connectivity index (χ1v) is 4.25. The predicted molar refractivity (Wildman–Crippen MR) is 45.0 cm³/mol. The summed E-state index contributed by atoms with van der Waals surface area (Å²) < 4.78 is 5.44. The van der Waals surface area contributed by atoms with Crippen LogP contribution in [0.2, 0.25) is 0 Å². The van der Waals surface area contributed by atoms with E-state index in [0.29, 0.717) is 5.92 Å². The number of Topliss-reactive ketones (excluding diaryl/α,β-unsaturated/α-hetero) is 1. The Bertz CT molecular complexity index is 311. The van der Waals surface area contributed by atoms with Crippen molar-refractivity contribution >= 4 is 5.78 Å². The lowest BCUT2D eigenvalue weighted by Gasteiger charge is -1.90. The number of furan rings is 1. The number of hydrogen-bond donors (Lipinski definition) is 0. The number of aryl methyl sites for hydroxylation is 1. The van der Waals surface area contributed by atoms with E-state index in [4.69, 9.17) is 4.42 Å². The zero-order valence-electron chi connectivity index (χ0n) is 7.33. The molecule has 0 unspecified atom stereocenters. The summed E-state index contributed by atoms with van der Waals surface area (Å²) in [4.78, 5) is 11.0. The van der Waals surface area contributed by atoms with Crippen LogP contribution in [0.4, 0.5) is 0 Å². The van der Waals surface area contributed by atoms with Crippen molar-refractivity contribution in [2.24, 2.45) is 5.92 Å². The molecule has 1 fully saturated rings. The number of hydrogen-bond acceptors (Lipinski definition) is 2. The highest BCUT2D eigenvalue weighted by molar-refractivity contribution is 5.82. The van der Waals surface area contributed by atoms with Gasteiger partial charge < -0.3 is 4.42 Å². The molecule has 2 nitrogen and oxygen atoms in total. The molecular weight excluding hydrogens is 152 g/mol. The summed E-state index contributed by atoms with van der Waals surface area (Å²) >= 11 is 0. The van der Waals surface area contributed by atoms with Crippen LogP contribution in [-0.2, 0) is 4.79 Å². The summed E-state index contributed by atoms with van der Waals surface area (Å²) in [6.07, 6.45) is 0.974. The van der Waals surface area contributed by atoms with Gasteiger partial charge in [0.15, 0.2) is 0 Å². The lowest BCUT2D eigenvalue weighted by atomic mass is 10.2. The highest BCUT2D eigenvalue weighted by atomic mass is 16.3. The van der Waals surface area contributed by atoms with Gasteiger partial charge in [-0.05, 0) is 32.4 Å². The van der Waals surface area contributed by atoms with Gasteiger partial charge in [-0.15, -0.1) is 0 Å². The third kappa shape index (κ3) is 1.17. The summed E-state index contributed by atoms with van der Waals surface area (Å²) in [6, 6.07) is 3.92. The molecule has 2 rings (SSSR count). The Kier molecular flexibility index (Phi) is 1.56. The van der Waals surface area contributed by atoms with Crippen molar-refractivity contribution in [3.05, 3.63) is 23.7 Å². The average Bonchev–Trinajstić information content (AvgIpc) is 2.70. The maximum absolute atomic E-state index is 11.0. The topological polar surface area (TPSA) is 30.2 Å². The maximum atomic E-state index is 11.0. The van der Waals surface area contributed by atoms with Crippen LogP contribution in [0.3, 0.4) is 0 Å². The quantitative estimate of drug-likeness (QED) is 0.671. The average molecular weight is 164 g/mol. The molecule has 0 saturated heterocycles. The van der Waals surface area contributed by atoms with Crippen LogP contribution in [0, 0.1) is 12.8 Å². The Balaban J connectivity index is 2.10. The fourth-order valence-corrected chi connectivity index (χ4v) is 1.61. The van der Waals surface area contributed by atoms with Crippen molar-refractivity contribution in [3.63, 3.8) is 0 Å². The van der Waals surface area contributed by atoms with E-state index < -0.39 is 0 Å². The molecule has 1 aliphatic carbocycles. The normalized spacial score (nSPS) is 27.2. The number of carbonyl (C=O) groups is 1. The number of carbonyl (C=O) groups excluding carboxylic acids is 1. The lowest BCUT2D eigenvalue weighted by Crippen LogP contribution is -1.93. The van der Waals surface area contributed by atoms with Crippen LogP contribution in [0.1, 0.15) is 30.8 Å². The summed E-state index contributed by atoms with van der Waals surface area (Å²) in [5.41, 5.74) is 0. The molecule has 1 aromatic rings. The van der Waals surface area contributed by atoms with Gasteiger partial charge in [-0.2, -0.15) is 0 Å². The molecule has 1 aromatic heterocycles. The highest BCUT2D eigenvalue weighted by Crippen LogP contribution is 2.48. The minimum absolute atomic E-state index is 0.232. The summed E-state index contributed by atoms with van der Waals surface area (Å²) in [5, 5.41) is 0. The van der Waals surface area contributed by atoms with Crippen molar-refractivity contribution in [1.82, 2.24) is 0 Å². The zero-order chi connectivity index (χ0) is 8.72. The van der Waals surface area contributed by atoms with Crippen molar-refractivity contribution in [1.29, 1.82) is 0 Å². The van der Waals surface area contributed by atoms with Gasteiger partial charge in [0.05, 0.1) is 0 Å². The second-order valence-corrected chi connectivity index (χ2v) is 3.51. The van der Waals surface area contributed by atoms with Gasteiger partial charge in [0.2, 0.25) is 0 Å². The van der Waals surface area contributed by atoms with Crippen LogP contribution in [0.25, 0.3) is 0 Å². The van der Waals surface area contributed by atoms with Crippen molar-refractivity contribution in [2.75, 3.05) is 0 Å². The first-order chi connectivity index (χ1) is 5.68. The maximum Gasteiger partial charge on any atom is 0.133 e. The Morgan fingerprint density at radius 1 is 1.58 bits per heavy atom. The van der Waals surface area contributed by atoms with Crippen LogP contribution in [0.5, 0.6) is 0 Å². The van der Waals surface area contributed by atoms with Gasteiger partial charge in [-0.3, -0.25) is 4.79 Å². The first kappa shape index (κ1) is 7.59. The molecule has 2 atom stereocenters. The van der Waals surface area contributed by atoms with Crippen molar-refractivity contribution < 1.29 is 9.21 Å². The Labute approximate surface area is 71.6 Å². The molecule has 1 aliphatic rings. The zero-order valence-corrected chi connectivity index (χ0v) is 7.33. The second-order valence-electron chi connectivity index (χ2n) is 3.51. The highest BCUT2D eigenvalue weighted by Gasteiger charge is 2.43. The standard InChI is InChI=1S/C10H12O2/c1-6-3-4-10(12-6)9-5-8(9)7(2)11/h3-4,8-9H,5H2,1-2H3/t8-,9+/m0/s1. The number of rotatable bonds is 2. The van der Waals surface area contributed by atoms with Crippen LogP contribution in [-0.4, -0.2) is 5.78 Å². The molecule has 64 valence electrons. The van der Waals surface area contributed by atoms with Gasteiger partial charge in [-0.1, -0.05) is 0 Å². The molecule has 0 spiro atoms. The minimum Gasteiger partial charge on any atom is -0.466 e. The van der Waals surface area contributed by atoms with E-state index in [1.807, 2.05) is 19.1 Å². The Morgan fingerprint density at radius 3 is 2.75 bits per heavy atom. The van der Waals surface area contributed by atoms with Gasteiger partial charge in [0, 0.05) is 11.8 Å². The van der Waals surface area contributed by atoms with Gasteiger partial charge in [0.1, 0.15) is 17.3 Å². The minimum atomic E-state index is 0.232. The fraction of sp³-hybridized carbons (Fsp3) is 0.500. The lowest BCUT2D eigenvalue weighted by molar-refractivity contribution is -0.118. The molecule has 0 bridgehead atoms.